The second-order valence-corrected chi connectivity index (χ2v) is 2.87. The minimum absolute atomic E-state index is 0.0228. The number of esters is 1. The van der Waals surface area contributed by atoms with E-state index in [1.807, 2.05) is 0 Å². The maximum Gasteiger partial charge on any atom is 0.337 e. The van der Waals surface area contributed by atoms with Crippen molar-refractivity contribution in [3.8, 4) is 0 Å². The number of carbonyl (C=O) groups excluding carboxylic acids is 2. The second kappa shape index (κ2) is 3.91. The Morgan fingerprint density at radius 3 is 2.29 bits per heavy atom. The van der Waals surface area contributed by atoms with Crippen LogP contribution in [0, 0.1) is 6.92 Å². The topological polar surface area (TPSA) is 66.4 Å². The highest BCUT2D eigenvalue weighted by atomic mass is 16.5. The molecule has 0 aliphatic carbocycles. The zero-order valence-corrected chi connectivity index (χ0v) is 7.87. The van der Waals surface area contributed by atoms with Crippen LogP contribution in [-0.4, -0.2) is 19.0 Å². The predicted octanol–water partition coefficient (Wildman–Crippen LogP) is 0.145. The molecule has 0 heterocycles. The van der Waals surface area contributed by atoms with Crippen LogP contribution >= 0.6 is 0 Å². The van der Waals surface area contributed by atoms with Crippen LogP contribution in [-0.2, 0) is 4.74 Å². The molecule has 0 unspecified atom stereocenters. The van der Waals surface area contributed by atoms with Crippen LogP contribution in [0.3, 0.4) is 0 Å². The van der Waals surface area contributed by atoms with E-state index in [1.165, 1.54) is 19.2 Å². The zero-order chi connectivity index (χ0) is 10.7. The Balaban J connectivity index is 3.20. The molecule has 74 valence electrons. The number of ether oxygens (including phenoxy) is 1. The third kappa shape index (κ3) is 2.10. The van der Waals surface area contributed by atoms with E-state index in [2.05, 4.69) is 4.74 Å². The number of rotatable bonds is 2. The standard InChI is InChI=1S/C10H10O4/c1-6-3-7(9(11)12)5-8(4-6)10(13)14-2/h3-5H,1-2H3,(H,11,12)/p-1. The summed E-state index contributed by atoms with van der Waals surface area (Å²) in [6.07, 6.45) is 0. The van der Waals surface area contributed by atoms with E-state index in [-0.39, 0.29) is 11.1 Å². The molecule has 0 fully saturated rings. The van der Waals surface area contributed by atoms with Gasteiger partial charge in [0.15, 0.2) is 0 Å². The van der Waals surface area contributed by atoms with Crippen LogP contribution in [0.25, 0.3) is 0 Å². The Hall–Kier alpha value is -1.84. The van der Waals surface area contributed by atoms with Gasteiger partial charge in [-0.15, -0.1) is 0 Å². The minimum atomic E-state index is -1.31. The predicted molar refractivity (Wildman–Crippen MR) is 46.8 cm³/mol. The lowest BCUT2D eigenvalue weighted by atomic mass is 10.1. The molecule has 0 atom stereocenters. The van der Waals surface area contributed by atoms with Crippen molar-refractivity contribution in [1.82, 2.24) is 0 Å². The molecule has 0 aliphatic rings. The summed E-state index contributed by atoms with van der Waals surface area (Å²) in [5, 5.41) is 10.6. The smallest absolute Gasteiger partial charge is 0.337 e. The summed E-state index contributed by atoms with van der Waals surface area (Å²) in [4.78, 5) is 21.7. The molecule has 0 saturated carbocycles. The summed E-state index contributed by atoms with van der Waals surface area (Å²) in [6.45, 7) is 1.69. The van der Waals surface area contributed by atoms with Gasteiger partial charge in [0, 0.05) is 0 Å². The van der Waals surface area contributed by atoms with E-state index in [9.17, 15) is 14.7 Å². The Morgan fingerprint density at radius 1 is 1.21 bits per heavy atom. The van der Waals surface area contributed by atoms with Crippen LogP contribution in [0.2, 0.25) is 0 Å². The van der Waals surface area contributed by atoms with Gasteiger partial charge < -0.3 is 14.6 Å². The fraction of sp³-hybridized carbons (Fsp3) is 0.200. The molecule has 1 rings (SSSR count). The van der Waals surface area contributed by atoms with Crippen molar-refractivity contribution in [2.45, 2.75) is 6.92 Å². The first-order chi connectivity index (χ1) is 6.54. The summed E-state index contributed by atoms with van der Waals surface area (Å²) < 4.78 is 4.47. The van der Waals surface area contributed by atoms with Gasteiger partial charge in [0.25, 0.3) is 0 Å². The lowest BCUT2D eigenvalue weighted by Gasteiger charge is -2.06. The van der Waals surface area contributed by atoms with Crippen molar-refractivity contribution in [3.63, 3.8) is 0 Å². The molecule has 1 aromatic rings. The maximum atomic E-state index is 11.1. The highest BCUT2D eigenvalue weighted by Gasteiger charge is 2.07. The lowest BCUT2D eigenvalue weighted by Crippen LogP contribution is -2.22. The molecule has 0 saturated heterocycles. The molecule has 4 nitrogen and oxygen atoms in total. The van der Waals surface area contributed by atoms with Crippen molar-refractivity contribution in [2.24, 2.45) is 0 Å². The van der Waals surface area contributed by atoms with Gasteiger partial charge in [-0.25, -0.2) is 4.79 Å². The molecular weight excluding hydrogens is 184 g/mol. The summed E-state index contributed by atoms with van der Waals surface area (Å²) in [5.41, 5.74) is 0.865. The molecular formula is C10H9O4-. The number of carbonyl (C=O) groups is 2. The van der Waals surface area contributed by atoms with Crippen LogP contribution in [0.1, 0.15) is 26.3 Å². The van der Waals surface area contributed by atoms with Gasteiger partial charge >= 0.3 is 5.97 Å². The zero-order valence-electron chi connectivity index (χ0n) is 7.87. The first kappa shape index (κ1) is 10.2. The highest BCUT2D eigenvalue weighted by molar-refractivity contribution is 5.94. The number of carboxylic acids is 1. The summed E-state index contributed by atoms with van der Waals surface area (Å²) in [7, 11) is 1.24. The average Bonchev–Trinajstić information content (AvgIpc) is 2.15. The van der Waals surface area contributed by atoms with E-state index in [0.29, 0.717) is 5.56 Å². The maximum absolute atomic E-state index is 11.1. The van der Waals surface area contributed by atoms with Crippen molar-refractivity contribution in [1.29, 1.82) is 0 Å². The molecule has 1 aromatic carbocycles. The fourth-order valence-corrected chi connectivity index (χ4v) is 1.14. The van der Waals surface area contributed by atoms with E-state index >= 15 is 0 Å². The van der Waals surface area contributed by atoms with Crippen LogP contribution in [0.4, 0.5) is 0 Å². The molecule has 0 spiro atoms. The Morgan fingerprint density at radius 2 is 1.79 bits per heavy atom. The first-order valence-electron chi connectivity index (χ1n) is 3.96. The van der Waals surface area contributed by atoms with E-state index < -0.39 is 11.9 Å². The molecule has 14 heavy (non-hydrogen) atoms. The SMILES string of the molecule is COC(=O)c1cc(C)cc(C(=O)[O-])c1. The van der Waals surface area contributed by atoms with E-state index in [1.54, 1.807) is 13.0 Å². The molecule has 0 amide bonds. The molecule has 0 bridgehead atoms. The molecule has 0 N–H and O–H groups in total. The van der Waals surface area contributed by atoms with Crippen LogP contribution in [0.15, 0.2) is 18.2 Å². The minimum Gasteiger partial charge on any atom is -0.545 e. The molecule has 0 aromatic heterocycles. The molecule has 0 radical (unpaired) electrons. The van der Waals surface area contributed by atoms with Crippen LogP contribution < -0.4 is 5.11 Å². The summed E-state index contributed by atoms with van der Waals surface area (Å²) in [6, 6.07) is 4.22. The van der Waals surface area contributed by atoms with Crippen LogP contribution in [0.5, 0.6) is 0 Å². The largest absolute Gasteiger partial charge is 0.545 e. The van der Waals surface area contributed by atoms with Gasteiger partial charge in [0.05, 0.1) is 18.6 Å². The van der Waals surface area contributed by atoms with E-state index in [4.69, 9.17) is 0 Å². The quantitative estimate of drug-likeness (QED) is 0.627. The second-order valence-electron chi connectivity index (χ2n) is 2.87. The number of carboxylic acid groups (broad SMARTS) is 1. The first-order valence-corrected chi connectivity index (χ1v) is 3.96. The Kier molecular flexibility index (Phi) is 2.86. The normalized spacial score (nSPS) is 9.57. The fourth-order valence-electron chi connectivity index (χ4n) is 1.14. The third-order valence-electron chi connectivity index (χ3n) is 1.73. The van der Waals surface area contributed by atoms with Gasteiger partial charge in [-0.2, -0.15) is 0 Å². The monoisotopic (exact) mass is 193 g/mol. The van der Waals surface area contributed by atoms with Gasteiger partial charge in [-0.1, -0.05) is 6.07 Å². The number of aromatic carboxylic acids is 1. The van der Waals surface area contributed by atoms with Crippen molar-refractivity contribution in [2.75, 3.05) is 7.11 Å². The number of methoxy groups -OCH3 is 1. The average molecular weight is 193 g/mol. The number of benzene rings is 1. The van der Waals surface area contributed by atoms with Gasteiger partial charge in [-0.3, -0.25) is 0 Å². The molecule has 4 heteroatoms. The number of hydrogen-bond acceptors (Lipinski definition) is 4. The Labute approximate surface area is 81.1 Å². The summed E-state index contributed by atoms with van der Waals surface area (Å²) in [5.74, 6) is -1.87. The van der Waals surface area contributed by atoms with Gasteiger partial charge in [0.1, 0.15) is 0 Å². The third-order valence-corrected chi connectivity index (χ3v) is 1.73. The Bertz CT molecular complexity index is 382. The summed E-state index contributed by atoms with van der Waals surface area (Å²) >= 11 is 0. The number of hydrogen-bond donors (Lipinski definition) is 0. The highest BCUT2D eigenvalue weighted by Crippen LogP contribution is 2.10. The lowest BCUT2D eigenvalue weighted by molar-refractivity contribution is -0.255. The van der Waals surface area contributed by atoms with Crippen molar-refractivity contribution in [3.05, 3.63) is 34.9 Å². The van der Waals surface area contributed by atoms with Gasteiger partial charge in [-0.05, 0) is 30.2 Å². The van der Waals surface area contributed by atoms with Crippen molar-refractivity contribution >= 4 is 11.9 Å². The van der Waals surface area contributed by atoms with Gasteiger partial charge in [0.2, 0.25) is 0 Å². The number of aryl methyl sites for hydroxylation is 1. The van der Waals surface area contributed by atoms with E-state index in [0.717, 1.165) is 0 Å². The molecule has 0 aliphatic heterocycles. The van der Waals surface area contributed by atoms with Crippen molar-refractivity contribution < 1.29 is 19.4 Å².